The van der Waals surface area contributed by atoms with Crippen molar-refractivity contribution in [2.45, 2.75) is 26.2 Å². The third kappa shape index (κ3) is 7.10. The van der Waals surface area contributed by atoms with Crippen LogP contribution < -0.4 is 0 Å². The number of rotatable bonds is 5. The maximum absolute atomic E-state index is 10.8. The Balaban J connectivity index is 3.23. The summed E-state index contributed by atoms with van der Waals surface area (Å²) >= 11 is 0. The Bertz CT molecular complexity index is 128. The lowest BCUT2D eigenvalue weighted by Crippen LogP contribution is -2.03. The summed E-state index contributed by atoms with van der Waals surface area (Å²) in [5, 5.41) is 0. The van der Waals surface area contributed by atoms with E-state index in [9.17, 15) is 4.79 Å². The molecule has 0 bridgehead atoms. The van der Waals surface area contributed by atoms with Crippen molar-refractivity contribution in [3.05, 3.63) is 19.1 Å². The monoisotopic (exact) mass is 155 g/mol. The Morgan fingerprint density at radius 3 is 2.91 bits per heavy atom. The summed E-state index contributed by atoms with van der Waals surface area (Å²) in [5.74, 6) is -0.156. The maximum atomic E-state index is 10.8. The minimum atomic E-state index is -0.156. The number of allylic oxidation sites excluding steroid dienone is 1. The van der Waals surface area contributed by atoms with Crippen LogP contribution in [-0.2, 0) is 9.53 Å². The number of unbranched alkanes of at least 4 members (excludes halogenated alkanes) is 1. The van der Waals surface area contributed by atoms with Gasteiger partial charge in [-0.3, -0.25) is 4.79 Å². The van der Waals surface area contributed by atoms with Crippen LogP contribution in [0.25, 0.3) is 0 Å². The van der Waals surface area contributed by atoms with Crippen molar-refractivity contribution >= 4 is 5.97 Å². The molecule has 1 radical (unpaired) electrons. The third-order valence-corrected chi connectivity index (χ3v) is 1.18. The molecule has 0 aromatic heterocycles. The van der Waals surface area contributed by atoms with E-state index in [4.69, 9.17) is 4.74 Å². The van der Waals surface area contributed by atoms with Gasteiger partial charge in [0.05, 0.1) is 13.0 Å². The van der Waals surface area contributed by atoms with Gasteiger partial charge in [0.15, 0.2) is 0 Å². The van der Waals surface area contributed by atoms with Crippen LogP contribution in [0.4, 0.5) is 0 Å². The first-order valence-corrected chi connectivity index (χ1v) is 3.87. The predicted molar refractivity (Wildman–Crippen MR) is 45.0 cm³/mol. The lowest BCUT2D eigenvalue weighted by atomic mass is 10.3. The average molecular weight is 155 g/mol. The average Bonchev–Trinajstić information content (AvgIpc) is 2.01. The van der Waals surface area contributed by atoms with Gasteiger partial charge in [0.25, 0.3) is 0 Å². The summed E-state index contributed by atoms with van der Waals surface area (Å²) in [7, 11) is 0. The lowest BCUT2D eigenvalue weighted by Gasteiger charge is -1.99. The van der Waals surface area contributed by atoms with E-state index in [2.05, 4.69) is 6.92 Å². The Labute approximate surface area is 68.2 Å². The number of esters is 1. The maximum Gasteiger partial charge on any atom is 0.309 e. The van der Waals surface area contributed by atoms with E-state index in [1.807, 2.05) is 13.0 Å². The first-order chi connectivity index (χ1) is 5.31. The zero-order chi connectivity index (χ0) is 8.53. The molecule has 0 spiro atoms. The second-order valence-corrected chi connectivity index (χ2v) is 2.20. The molecule has 0 atom stereocenters. The summed E-state index contributed by atoms with van der Waals surface area (Å²) in [6, 6.07) is 0. The molecule has 63 valence electrons. The van der Waals surface area contributed by atoms with Gasteiger partial charge in [0.1, 0.15) is 0 Å². The standard InChI is InChI=1S/C9H15O2/c1-3-5-7-9(10)11-8-6-4-2/h3,5H,2,4,6-8H2,1H3. The fraction of sp³-hybridized carbons (Fsp3) is 0.556. The fourth-order valence-electron chi connectivity index (χ4n) is 0.561. The van der Waals surface area contributed by atoms with Gasteiger partial charge in [-0.2, -0.15) is 0 Å². The quantitative estimate of drug-likeness (QED) is 0.345. The Morgan fingerprint density at radius 1 is 1.64 bits per heavy atom. The smallest absolute Gasteiger partial charge is 0.309 e. The summed E-state index contributed by atoms with van der Waals surface area (Å²) in [6.07, 6.45) is 5.67. The molecule has 2 nitrogen and oxygen atoms in total. The first-order valence-electron chi connectivity index (χ1n) is 3.87. The van der Waals surface area contributed by atoms with Crippen LogP contribution in [0.1, 0.15) is 26.2 Å². The normalized spacial score (nSPS) is 10.4. The van der Waals surface area contributed by atoms with Crippen molar-refractivity contribution < 1.29 is 9.53 Å². The zero-order valence-corrected chi connectivity index (χ0v) is 7.01. The Hall–Kier alpha value is -0.790. The van der Waals surface area contributed by atoms with Gasteiger partial charge >= 0.3 is 5.97 Å². The highest BCUT2D eigenvalue weighted by molar-refractivity contribution is 5.71. The van der Waals surface area contributed by atoms with E-state index in [1.165, 1.54) is 0 Å². The molecular weight excluding hydrogens is 140 g/mol. The number of carbonyl (C=O) groups is 1. The van der Waals surface area contributed by atoms with Crippen molar-refractivity contribution in [3.8, 4) is 0 Å². The summed E-state index contributed by atoms with van der Waals surface area (Å²) in [6.45, 7) is 6.02. The second kappa shape index (κ2) is 7.32. The SMILES string of the molecule is [CH2]CCCOC(=O)CC=CC. The van der Waals surface area contributed by atoms with Crippen LogP contribution in [0.3, 0.4) is 0 Å². The van der Waals surface area contributed by atoms with Crippen molar-refractivity contribution in [3.63, 3.8) is 0 Å². The molecule has 11 heavy (non-hydrogen) atoms. The summed E-state index contributed by atoms with van der Waals surface area (Å²) in [5.41, 5.74) is 0. The highest BCUT2D eigenvalue weighted by Crippen LogP contribution is 1.92. The van der Waals surface area contributed by atoms with Crippen molar-refractivity contribution in [1.82, 2.24) is 0 Å². The van der Waals surface area contributed by atoms with Gasteiger partial charge in [-0.15, -0.1) is 0 Å². The van der Waals surface area contributed by atoms with Crippen LogP contribution in [0, 0.1) is 6.92 Å². The van der Waals surface area contributed by atoms with E-state index in [0.717, 1.165) is 12.8 Å². The van der Waals surface area contributed by atoms with Gasteiger partial charge in [-0.1, -0.05) is 25.5 Å². The number of hydrogen-bond acceptors (Lipinski definition) is 2. The molecule has 0 aromatic rings. The van der Waals surface area contributed by atoms with Crippen molar-refractivity contribution in [2.75, 3.05) is 6.61 Å². The van der Waals surface area contributed by atoms with E-state index < -0.39 is 0 Å². The van der Waals surface area contributed by atoms with Gasteiger partial charge in [-0.25, -0.2) is 0 Å². The van der Waals surface area contributed by atoms with Crippen LogP contribution in [0.15, 0.2) is 12.2 Å². The number of ether oxygens (including phenoxy) is 1. The predicted octanol–water partition coefficient (Wildman–Crippen LogP) is 2.11. The minimum absolute atomic E-state index is 0.156. The molecule has 0 aliphatic rings. The third-order valence-electron chi connectivity index (χ3n) is 1.18. The molecule has 0 aromatic carbocycles. The van der Waals surface area contributed by atoms with Gasteiger partial charge in [0, 0.05) is 0 Å². The van der Waals surface area contributed by atoms with Crippen molar-refractivity contribution in [1.29, 1.82) is 0 Å². The highest BCUT2D eigenvalue weighted by Gasteiger charge is 1.96. The summed E-state index contributed by atoms with van der Waals surface area (Å²) < 4.78 is 4.85. The van der Waals surface area contributed by atoms with E-state index in [1.54, 1.807) is 6.08 Å². The van der Waals surface area contributed by atoms with Crippen LogP contribution in [-0.4, -0.2) is 12.6 Å². The molecule has 2 heteroatoms. The number of carbonyl (C=O) groups excluding carboxylic acids is 1. The molecule has 0 fully saturated rings. The molecule has 0 N–H and O–H groups in total. The highest BCUT2D eigenvalue weighted by atomic mass is 16.5. The molecular formula is C9H15O2. The van der Waals surface area contributed by atoms with Crippen LogP contribution in [0.5, 0.6) is 0 Å². The minimum Gasteiger partial charge on any atom is -0.465 e. The Morgan fingerprint density at radius 2 is 2.36 bits per heavy atom. The zero-order valence-electron chi connectivity index (χ0n) is 7.01. The molecule has 0 rings (SSSR count). The summed E-state index contributed by atoms with van der Waals surface area (Å²) in [4.78, 5) is 10.8. The van der Waals surface area contributed by atoms with E-state index in [0.29, 0.717) is 13.0 Å². The second-order valence-electron chi connectivity index (χ2n) is 2.20. The molecule has 0 saturated heterocycles. The van der Waals surface area contributed by atoms with Crippen molar-refractivity contribution in [2.24, 2.45) is 0 Å². The first kappa shape index (κ1) is 10.2. The Kier molecular flexibility index (Phi) is 6.79. The molecule has 0 heterocycles. The van der Waals surface area contributed by atoms with Crippen LogP contribution >= 0.6 is 0 Å². The van der Waals surface area contributed by atoms with E-state index in [-0.39, 0.29) is 5.97 Å². The topological polar surface area (TPSA) is 26.3 Å². The molecule has 0 saturated carbocycles. The molecule has 0 aliphatic carbocycles. The van der Waals surface area contributed by atoms with Gasteiger partial charge in [-0.05, 0) is 13.3 Å². The van der Waals surface area contributed by atoms with Crippen LogP contribution in [0.2, 0.25) is 0 Å². The molecule has 0 amide bonds. The lowest BCUT2D eigenvalue weighted by molar-refractivity contribution is -0.142. The number of hydrogen-bond donors (Lipinski definition) is 0. The molecule has 0 unspecified atom stereocenters. The van der Waals surface area contributed by atoms with E-state index >= 15 is 0 Å². The van der Waals surface area contributed by atoms with Gasteiger partial charge in [0.2, 0.25) is 0 Å². The molecule has 0 aliphatic heterocycles. The van der Waals surface area contributed by atoms with Gasteiger partial charge < -0.3 is 4.74 Å². The fourth-order valence-corrected chi connectivity index (χ4v) is 0.561. The largest absolute Gasteiger partial charge is 0.465 e.